The molecule has 0 aliphatic rings. The molecule has 0 radical (unpaired) electrons. The van der Waals surface area contributed by atoms with E-state index in [2.05, 4.69) is 26.8 Å². The summed E-state index contributed by atoms with van der Waals surface area (Å²) in [5.41, 5.74) is 5.01. The Labute approximate surface area is 221 Å². The highest BCUT2D eigenvalue weighted by atomic mass is 16.5. The van der Waals surface area contributed by atoms with Crippen molar-refractivity contribution < 1.29 is 23.5 Å². The van der Waals surface area contributed by atoms with Crippen molar-refractivity contribution in [3.05, 3.63) is 102 Å². The molecule has 8 heteroatoms. The summed E-state index contributed by atoms with van der Waals surface area (Å²) in [6, 6.07) is 23.6. The number of carbonyl (C=O) groups is 2. The van der Waals surface area contributed by atoms with Gasteiger partial charge in [0.15, 0.2) is 0 Å². The number of hydrogen-bond donors (Lipinski definition) is 0. The number of pyridine rings is 3. The van der Waals surface area contributed by atoms with Gasteiger partial charge in [-0.3, -0.25) is 19.6 Å². The second-order valence-electron chi connectivity index (χ2n) is 8.37. The largest absolute Gasteiger partial charge is 0.456 e. The molecule has 4 heterocycles. The van der Waals surface area contributed by atoms with Crippen molar-refractivity contribution in [1.82, 2.24) is 15.0 Å². The number of hydrogen-bond acceptors (Lipinski definition) is 8. The van der Waals surface area contributed by atoms with Crippen LogP contribution in [0.25, 0.3) is 44.7 Å². The van der Waals surface area contributed by atoms with Crippen molar-refractivity contribution in [2.75, 3.05) is 0 Å². The van der Waals surface area contributed by atoms with E-state index in [0.29, 0.717) is 41.5 Å². The molecular weight excluding hydrogens is 494 g/mol. The van der Waals surface area contributed by atoms with Crippen LogP contribution in [0.2, 0.25) is 0 Å². The molecule has 0 unspecified atom stereocenters. The Morgan fingerprint density at radius 3 is 2.05 bits per heavy atom. The molecule has 0 aliphatic heterocycles. The minimum Gasteiger partial charge on any atom is -0.456 e. The van der Waals surface area contributed by atoms with Crippen molar-refractivity contribution in [3.8, 4) is 46.1 Å². The fraction of sp³-hybridized carbons (Fsp3) is 0. The number of fused-ring (bicyclic) bond motifs is 3. The van der Waals surface area contributed by atoms with Gasteiger partial charge in [0.25, 0.3) is 12.9 Å². The molecule has 0 bridgehead atoms. The Balaban J connectivity index is 1.36. The van der Waals surface area contributed by atoms with Gasteiger partial charge in [0.1, 0.15) is 22.7 Å². The predicted molar refractivity (Wildman–Crippen MR) is 144 cm³/mol. The number of benzene rings is 2. The monoisotopic (exact) mass is 511 g/mol. The topological polar surface area (TPSA) is 104 Å². The number of nitrogens with zero attached hydrogens (tertiary/aromatic N) is 3. The number of carbonyl (C=O) groups excluding carboxylic acids is 2. The molecule has 39 heavy (non-hydrogen) atoms. The summed E-state index contributed by atoms with van der Waals surface area (Å²) >= 11 is 0. The number of ether oxygens (including phenoxy) is 2. The lowest BCUT2D eigenvalue weighted by atomic mass is 10.1. The Bertz CT molecular complexity index is 1930. The molecule has 0 fully saturated rings. The van der Waals surface area contributed by atoms with E-state index in [1.807, 2.05) is 42.5 Å². The van der Waals surface area contributed by atoms with Gasteiger partial charge in [-0.1, -0.05) is 30.0 Å². The first-order chi connectivity index (χ1) is 19.2. The van der Waals surface area contributed by atoms with E-state index >= 15 is 0 Å². The Kier molecular flexibility index (Phi) is 6.22. The van der Waals surface area contributed by atoms with Gasteiger partial charge in [-0.15, -0.1) is 0 Å². The normalized spacial score (nSPS) is 10.6. The first-order valence-corrected chi connectivity index (χ1v) is 11.8. The number of rotatable bonds is 6. The molecule has 0 saturated heterocycles. The van der Waals surface area contributed by atoms with E-state index in [-0.39, 0.29) is 5.75 Å². The molecule has 8 nitrogen and oxygen atoms in total. The predicted octanol–water partition coefficient (Wildman–Crippen LogP) is 5.58. The van der Waals surface area contributed by atoms with Gasteiger partial charge in [-0.05, 0) is 42.5 Å². The van der Waals surface area contributed by atoms with Crippen LogP contribution in [0.1, 0.15) is 11.1 Å². The highest BCUT2D eigenvalue weighted by Gasteiger charge is 2.12. The number of aromatic nitrogens is 3. The summed E-state index contributed by atoms with van der Waals surface area (Å²) in [6.07, 6.45) is 3.12. The van der Waals surface area contributed by atoms with Gasteiger partial charge in [-0.25, -0.2) is 4.98 Å². The van der Waals surface area contributed by atoms with E-state index in [4.69, 9.17) is 13.9 Å². The van der Waals surface area contributed by atoms with Crippen LogP contribution in [-0.2, 0) is 9.59 Å². The second kappa shape index (κ2) is 10.3. The van der Waals surface area contributed by atoms with Gasteiger partial charge >= 0.3 is 0 Å². The van der Waals surface area contributed by atoms with Crippen molar-refractivity contribution in [3.63, 3.8) is 0 Å². The van der Waals surface area contributed by atoms with E-state index < -0.39 is 0 Å². The highest BCUT2D eigenvalue weighted by molar-refractivity contribution is 6.05. The van der Waals surface area contributed by atoms with Crippen molar-refractivity contribution in [2.45, 2.75) is 0 Å². The third-order valence-electron chi connectivity index (χ3n) is 5.91. The molecule has 0 saturated carbocycles. The van der Waals surface area contributed by atoms with Crippen molar-refractivity contribution in [2.24, 2.45) is 0 Å². The smallest absolute Gasteiger partial charge is 0.298 e. The molecule has 0 aliphatic carbocycles. The SMILES string of the molecule is O=COc1ccnc(-c2cc(OC=O)cc(-c3cc(C#Cc4ccc5oc6ccccc6c5c4)ccn3)n2)c1. The zero-order valence-electron chi connectivity index (χ0n) is 20.2. The van der Waals surface area contributed by atoms with Crippen LogP contribution in [0.3, 0.4) is 0 Å². The zero-order chi connectivity index (χ0) is 26.6. The van der Waals surface area contributed by atoms with Gasteiger partial charge < -0.3 is 13.9 Å². The summed E-state index contributed by atoms with van der Waals surface area (Å²) in [5.74, 6) is 6.96. The minimum absolute atomic E-state index is 0.257. The van der Waals surface area contributed by atoms with E-state index in [9.17, 15) is 9.59 Å². The number of para-hydroxylation sites is 1. The van der Waals surface area contributed by atoms with Crippen LogP contribution in [-0.4, -0.2) is 27.9 Å². The molecule has 0 N–H and O–H groups in total. The van der Waals surface area contributed by atoms with Gasteiger partial charge in [-0.2, -0.15) is 0 Å². The van der Waals surface area contributed by atoms with Crippen LogP contribution in [0.5, 0.6) is 11.5 Å². The van der Waals surface area contributed by atoms with Crippen molar-refractivity contribution >= 4 is 34.9 Å². The lowest BCUT2D eigenvalue weighted by Gasteiger charge is -2.08. The third-order valence-corrected chi connectivity index (χ3v) is 5.91. The average molecular weight is 511 g/mol. The molecule has 0 amide bonds. The van der Waals surface area contributed by atoms with Crippen LogP contribution < -0.4 is 9.47 Å². The molecule has 0 spiro atoms. The molecule has 186 valence electrons. The first-order valence-electron chi connectivity index (χ1n) is 11.8. The van der Waals surface area contributed by atoms with Gasteiger partial charge in [0, 0.05) is 52.5 Å². The fourth-order valence-corrected chi connectivity index (χ4v) is 4.17. The third kappa shape index (κ3) is 4.92. The fourth-order valence-electron chi connectivity index (χ4n) is 4.17. The molecule has 0 atom stereocenters. The maximum Gasteiger partial charge on any atom is 0.298 e. The van der Waals surface area contributed by atoms with Gasteiger partial charge in [0.2, 0.25) is 0 Å². The maximum absolute atomic E-state index is 11.1. The average Bonchev–Trinajstić information content (AvgIpc) is 3.35. The van der Waals surface area contributed by atoms with Crippen LogP contribution in [0.4, 0.5) is 0 Å². The molecule has 2 aromatic carbocycles. The lowest BCUT2D eigenvalue weighted by molar-refractivity contribution is -0.121. The standard InChI is InChI=1S/C31H17N3O5/c35-18-37-22-10-12-33-27(15-22)29-17-23(38-19-36)16-28(34-29)26-14-21(9-11-32-26)6-5-20-7-8-31-25(13-20)24-3-1-2-4-30(24)39-31/h1-4,7-19H. The second-order valence-corrected chi connectivity index (χ2v) is 8.37. The minimum atomic E-state index is 0.257. The summed E-state index contributed by atoms with van der Waals surface area (Å²) < 4.78 is 15.9. The van der Waals surface area contributed by atoms with Crippen LogP contribution >= 0.6 is 0 Å². The molecule has 6 aromatic rings. The van der Waals surface area contributed by atoms with Crippen LogP contribution in [0, 0.1) is 11.8 Å². The molecule has 6 rings (SSSR count). The first kappa shape index (κ1) is 23.6. The molecular formula is C31H17N3O5. The Hall–Kier alpha value is -5.81. The summed E-state index contributed by atoms with van der Waals surface area (Å²) in [4.78, 5) is 35.2. The number of furan rings is 1. The van der Waals surface area contributed by atoms with Crippen LogP contribution in [0.15, 0.2) is 95.7 Å². The Morgan fingerprint density at radius 2 is 1.26 bits per heavy atom. The van der Waals surface area contributed by atoms with Gasteiger partial charge in [0.05, 0.1) is 22.8 Å². The lowest BCUT2D eigenvalue weighted by Crippen LogP contribution is -1.97. The van der Waals surface area contributed by atoms with E-state index in [1.165, 1.54) is 6.20 Å². The summed E-state index contributed by atoms with van der Waals surface area (Å²) in [5, 5.41) is 2.05. The van der Waals surface area contributed by atoms with Crippen molar-refractivity contribution in [1.29, 1.82) is 0 Å². The Morgan fingerprint density at radius 1 is 0.615 bits per heavy atom. The van der Waals surface area contributed by atoms with E-state index in [0.717, 1.165) is 33.1 Å². The summed E-state index contributed by atoms with van der Waals surface area (Å²) in [6.45, 7) is 0.660. The quantitative estimate of drug-likeness (QED) is 0.211. The van der Waals surface area contributed by atoms with E-state index in [1.54, 1.807) is 42.6 Å². The maximum atomic E-state index is 11.1. The summed E-state index contributed by atoms with van der Waals surface area (Å²) in [7, 11) is 0. The molecule has 4 aromatic heterocycles. The highest BCUT2D eigenvalue weighted by Crippen LogP contribution is 2.30. The zero-order valence-corrected chi connectivity index (χ0v) is 20.2.